The summed E-state index contributed by atoms with van der Waals surface area (Å²) in [4.78, 5) is 11.6. The smallest absolute Gasteiger partial charge is 0.325 e. The number of likely N-dealkylation sites (N-methyl/N-ethyl adjacent to an activating group) is 1. The van der Waals surface area contributed by atoms with Crippen LogP contribution in [0.25, 0.3) is 0 Å². The van der Waals surface area contributed by atoms with Crippen LogP contribution in [-0.4, -0.2) is 74.6 Å². The van der Waals surface area contributed by atoms with E-state index in [1.165, 1.54) is 14.0 Å². The second-order valence-corrected chi connectivity index (χ2v) is 7.34. The van der Waals surface area contributed by atoms with Gasteiger partial charge in [-0.15, -0.1) is 0 Å². The van der Waals surface area contributed by atoms with Crippen LogP contribution in [0.4, 0.5) is 0 Å². The third-order valence-electron chi connectivity index (χ3n) is 2.69. The number of aliphatic hydroxyl groups is 1. The van der Waals surface area contributed by atoms with Crippen molar-refractivity contribution in [1.29, 1.82) is 0 Å². The minimum atomic E-state index is -3.35. The molecule has 3 N–H and O–H groups in total. The fourth-order valence-corrected chi connectivity index (χ4v) is 1.85. The fourth-order valence-electron chi connectivity index (χ4n) is 1.41. The summed E-state index contributed by atoms with van der Waals surface area (Å²) in [6, 6.07) is -1.14. The molecule has 0 aromatic rings. The molecule has 0 unspecified atom stereocenters. The van der Waals surface area contributed by atoms with E-state index in [4.69, 9.17) is 15.2 Å². The maximum Gasteiger partial charge on any atom is 0.325 e. The van der Waals surface area contributed by atoms with Crippen molar-refractivity contribution in [3.8, 4) is 0 Å². The number of hydrogen-bond donors (Lipinski definition) is 2. The molecule has 8 nitrogen and oxygen atoms in total. The van der Waals surface area contributed by atoms with Crippen LogP contribution >= 0.6 is 0 Å². The molecular weight excluding hydrogens is 300 g/mol. The summed E-state index contributed by atoms with van der Waals surface area (Å²) < 4.78 is 34.4. The zero-order valence-corrected chi connectivity index (χ0v) is 14.0. The topological polar surface area (TPSA) is 119 Å². The van der Waals surface area contributed by atoms with E-state index in [0.717, 1.165) is 10.6 Å². The van der Waals surface area contributed by atoms with Crippen molar-refractivity contribution in [1.82, 2.24) is 4.31 Å². The molecular formula is C12H26N2O6S. The monoisotopic (exact) mass is 326 g/mol. The Balaban J connectivity index is 4.61. The first-order chi connectivity index (χ1) is 9.45. The van der Waals surface area contributed by atoms with Gasteiger partial charge < -0.3 is 20.3 Å². The molecule has 0 aromatic carbocycles. The lowest BCUT2D eigenvalue weighted by Crippen LogP contribution is -2.44. The Hall–Kier alpha value is -0.740. The molecule has 0 amide bonds. The first-order valence-electron chi connectivity index (χ1n) is 6.62. The highest BCUT2D eigenvalue weighted by Gasteiger charge is 2.24. The lowest BCUT2D eigenvalue weighted by atomic mass is 10.2. The van der Waals surface area contributed by atoms with Crippen molar-refractivity contribution in [3.05, 3.63) is 0 Å². The summed E-state index contributed by atoms with van der Waals surface area (Å²) >= 11 is 0. The summed E-state index contributed by atoms with van der Waals surface area (Å²) in [5.74, 6) is -0.760. The number of hydrogen-bond acceptors (Lipinski definition) is 7. The van der Waals surface area contributed by atoms with Crippen LogP contribution < -0.4 is 5.73 Å². The van der Waals surface area contributed by atoms with Crippen LogP contribution in [0.1, 0.15) is 20.8 Å². The van der Waals surface area contributed by atoms with Crippen LogP contribution in [0, 0.1) is 0 Å². The van der Waals surface area contributed by atoms with Crippen molar-refractivity contribution in [2.75, 3.05) is 26.5 Å². The van der Waals surface area contributed by atoms with Crippen molar-refractivity contribution < 1.29 is 27.8 Å². The minimum Gasteiger partial charge on any atom is -0.462 e. The average Bonchev–Trinajstić information content (AvgIpc) is 2.32. The standard InChI is InChI=1S/C12H26N2O6S/c1-8(2)20-10(6-14(4)21(5,17)18)7-19-12(16)11(13)9(3)15/h8-11,15H,6-7,13H2,1-5H3/t9-,10+,11+/m1/s1. The minimum absolute atomic E-state index is 0.0498. The molecule has 126 valence electrons. The molecule has 0 bridgehead atoms. The second kappa shape index (κ2) is 8.64. The molecule has 0 rings (SSSR count). The van der Waals surface area contributed by atoms with Gasteiger partial charge in [-0.1, -0.05) is 0 Å². The van der Waals surface area contributed by atoms with Gasteiger partial charge in [0.15, 0.2) is 0 Å². The molecule has 0 spiro atoms. The van der Waals surface area contributed by atoms with E-state index < -0.39 is 34.2 Å². The van der Waals surface area contributed by atoms with Crippen LogP contribution in [0.2, 0.25) is 0 Å². The maximum atomic E-state index is 11.6. The Labute approximate surface area is 126 Å². The highest BCUT2D eigenvalue weighted by Crippen LogP contribution is 2.05. The third kappa shape index (κ3) is 8.32. The molecule has 0 aliphatic carbocycles. The van der Waals surface area contributed by atoms with Crippen LogP contribution in [0.15, 0.2) is 0 Å². The lowest BCUT2D eigenvalue weighted by molar-refractivity contribution is -0.153. The lowest BCUT2D eigenvalue weighted by Gasteiger charge is -2.25. The van der Waals surface area contributed by atoms with Gasteiger partial charge in [-0.3, -0.25) is 4.79 Å². The van der Waals surface area contributed by atoms with E-state index in [9.17, 15) is 18.3 Å². The molecule has 0 saturated carbocycles. The zero-order chi connectivity index (χ0) is 16.8. The molecule has 0 aliphatic rings. The highest BCUT2D eigenvalue weighted by molar-refractivity contribution is 7.88. The molecule has 0 saturated heterocycles. The van der Waals surface area contributed by atoms with Gasteiger partial charge in [0, 0.05) is 13.6 Å². The Morgan fingerprint density at radius 1 is 1.33 bits per heavy atom. The number of carbonyl (C=O) groups is 1. The fraction of sp³-hybridized carbons (Fsp3) is 0.917. The predicted octanol–water partition coefficient (Wildman–Crippen LogP) is -1.08. The molecule has 0 radical (unpaired) electrons. The van der Waals surface area contributed by atoms with E-state index in [1.54, 1.807) is 13.8 Å². The Bertz CT molecular complexity index is 423. The number of ether oxygens (including phenoxy) is 2. The molecule has 0 aromatic heterocycles. The van der Waals surface area contributed by atoms with Gasteiger partial charge in [0.05, 0.1) is 18.5 Å². The van der Waals surface area contributed by atoms with Crippen LogP contribution in [0.5, 0.6) is 0 Å². The Morgan fingerprint density at radius 2 is 1.86 bits per heavy atom. The molecule has 9 heteroatoms. The zero-order valence-electron chi connectivity index (χ0n) is 13.1. The number of rotatable bonds is 9. The van der Waals surface area contributed by atoms with Crippen molar-refractivity contribution in [2.45, 2.75) is 45.1 Å². The number of esters is 1. The Morgan fingerprint density at radius 3 is 2.24 bits per heavy atom. The van der Waals surface area contributed by atoms with E-state index >= 15 is 0 Å². The summed E-state index contributed by atoms with van der Waals surface area (Å²) in [5, 5.41) is 9.21. The predicted molar refractivity (Wildman–Crippen MR) is 78.1 cm³/mol. The summed E-state index contributed by atoms with van der Waals surface area (Å²) in [7, 11) is -1.94. The Kier molecular flexibility index (Phi) is 8.34. The van der Waals surface area contributed by atoms with Gasteiger partial charge in [-0.25, -0.2) is 12.7 Å². The molecule has 0 heterocycles. The van der Waals surface area contributed by atoms with Gasteiger partial charge in [-0.05, 0) is 20.8 Å². The SMILES string of the molecule is CC(C)O[C@H](COC(=O)[C@@H](N)[C@@H](C)O)CN(C)S(C)(=O)=O. The number of nitrogens with two attached hydrogens (primary N) is 1. The van der Waals surface area contributed by atoms with E-state index in [2.05, 4.69) is 0 Å². The third-order valence-corrected chi connectivity index (χ3v) is 3.98. The van der Waals surface area contributed by atoms with E-state index in [0.29, 0.717) is 0 Å². The first-order valence-corrected chi connectivity index (χ1v) is 8.47. The summed E-state index contributed by atoms with van der Waals surface area (Å²) in [5.41, 5.74) is 5.45. The molecule has 0 fully saturated rings. The van der Waals surface area contributed by atoms with Crippen LogP contribution in [-0.2, 0) is 24.3 Å². The largest absolute Gasteiger partial charge is 0.462 e. The van der Waals surface area contributed by atoms with Crippen molar-refractivity contribution >= 4 is 16.0 Å². The van der Waals surface area contributed by atoms with E-state index in [1.807, 2.05) is 0 Å². The van der Waals surface area contributed by atoms with Gasteiger partial charge in [0.2, 0.25) is 10.0 Å². The normalized spacial score (nSPS) is 16.8. The van der Waals surface area contributed by atoms with Crippen molar-refractivity contribution in [2.24, 2.45) is 5.73 Å². The maximum absolute atomic E-state index is 11.6. The van der Waals surface area contributed by atoms with Crippen LogP contribution in [0.3, 0.4) is 0 Å². The first kappa shape index (κ1) is 20.3. The summed E-state index contributed by atoms with van der Waals surface area (Å²) in [6.07, 6.45) is -0.725. The number of sulfonamides is 1. The highest BCUT2D eigenvalue weighted by atomic mass is 32.2. The number of carbonyl (C=O) groups excluding carboxylic acids is 1. The number of aliphatic hydroxyl groups excluding tert-OH is 1. The van der Waals surface area contributed by atoms with E-state index in [-0.39, 0.29) is 19.3 Å². The van der Waals surface area contributed by atoms with Gasteiger partial charge in [0.25, 0.3) is 0 Å². The van der Waals surface area contributed by atoms with Crippen molar-refractivity contribution in [3.63, 3.8) is 0 Å². The van der Waals surface area contributed by atoms with Gasteiger partial charge >= 0.3 is 5.97 Å². The van der Waals surface area contributed by atoms with Gasteiger partial charge in [0.1, 0.15) is 18.8 Å². The quantitative estimate of drug-likeness (QED) is 0.517. The summed E-state index contributed by atoms with van der Waals surface area (Å²) in [6.45, 7) is 4.87. The van der Waals surface area contributed by atoms with Gasteiger partial charge in [-0.2, -0.15) is 0 Å². The molecule has 3 atom stereocenters. The average molecular weight is 326 g/mol. The second-order valence-electron chi connectivity index (χ2n) is 5.25. The molecule has 0 aliphatic heterocycles. The molecule has 21 heavy (non-hydrogen) atoms. The number of nitrogens with zero attached hydrogens (tertiary/aromatic N) is 1.